The molecule has 9 nitrogen and oxygen atoms in total. The summed E-state index contributed by atoms with van der Waals surface area (Å²) < 4.78 is 7.22. The molecular formula is C15H18ClN7O2. The summed E-state index contributed by atoms with van der Waals surface area (Å²) in [7, 11) is 1.80. The Kier molecular flexibility index (Phi) is 4.18. The smallest absolute Gasteiger partial charge is 0.243 e. The van der Waals surface area contributed by atoms with Gasteiger partial charge in [0.25, 0.3) is 0 Å². The van der Waals surface area contributed by atoms with Gasteiger partial charge in [0.15, 0.2) is 5.82 Å². The molecule has 1 saturated heterocycles. The van der Waals surface area contributed by atoms with E-state index in [0.29, 0.717) is 25.4 Å². The van der Waals surface area contributed by atoms with E-state index in [1.54, 1.807) is 30.3 Å². The number of nitrogens with one attached hydrogen (secondary N) is 1. The highest BCUT2D eigenvalue weighted by atomic mass is 35.5. The number of carbonyl (C=O) groups is 1. The molecule has 1 atom stereocenters. The Bertz CT molecular complexity index is 796. The quantitative estimate of drug-likeness (QED) is 0.795. The second-order valence-corrected chi connectivity index (χ2v) is 6.44. The minimum Gasteiger partial charge on any atom is -0.377 e. The van der Waals surface area contributed by atoms with E-state index in [1.165, 1.54) is 0 Å². The molecular weight excluding hydrogens is 346 g/mol. The number of halogens is 1. The van der Waals surface area contributed by atoms with Gasteiger partial charge in [0.1, 0.15) is 0 Å². The Morgan fingerprint density at radius 1 is 1.48 bits per heavy atom. The molecule has 0 unspecified atom stereocenters. The third-order valence-electron chi connectivity index (χ3n) is 4.32. The van der Waals surface area contributed by atoms with E-state index in [4.69, 9.17) is 16.3 Å². The number of morpholine rings is 1. The van der Waals surface area contributed by atoms with Gasteiger partial charge >= 0.3 is 0 Å². The van der Waals surface area contributed by atoms with Gasteiger partial charge in [-0.05, 0) is 11.6 Å². The highest BCUT2D eigenvalue weighted by Crippen LogP contribution is 2.34. The third kappa shape index (κ3) is 3.24. The molecule has 2 aliphatic heterocycles. The van der Waals surface area contributed by atoms with Crippen LogP contribution < -0.4 is 15.1 Å². The summed E-state index contributed by atoms with van der Waals surface area (Å²) in [5.74, 6) is 0.632. The van der Waals surface area contributed by atoms with Crippen LogP contribution in [0.2, 0.25) is 5.28 Å². The van der Waals surface area contributed by atoms with Crippen molar-refractivity contribution in [3.8, 4) is 0 Å². The molecule has 0 bridgehead atoms. The van der Waals surface area contributed by atoms with Gasteiger partial charge < -0.3 is 19.9 Å². The van der Waals surface area contributed by atoms with Crippen molar-refractivity contribution in [2.75, 3.05) is 48.0 Å². The first-order chi connectivity index (χ1) is 12.1. The van der Waals surface area contributed by atoms with Gasteiger partial charge in [-0.25, -0.2) is 4.98 Å². The molecule has 132 valence electrons. The zero-order valence-corrected chi connectivity index (χ0v) is 14.5. The maximum absolute atomic E-state index is 12.4. The summed E-state index contributed by atoms with van der Waals surface area (Å²) in [6.45, 7) is 2.86. The summed E-state index contributed by atoms with van der Waals surface area (Å²) in [6.07, 6.45) is 5.04. The van der Waals surface area contributed by atoms with E-state index in [9.17, 15) is 4.79 Å². The molecule has 0 radical (unpaired) electrons. The van der Waals surface area contributed by atoms with Crippen molar-refractivity contribution in [2.45, 2.75) is 6.04 Å². The van der Waals surface area contributed by atoms with E-state index in [-0.39, 0.29) is 23.8 Å². The van der Waals surface area contributed by atoms with Gasteiger partial charge in [0.2, 0.25) is 11.2 Å². The van der Waals surface area contributed by atoms with Crippen LogP contribution >= 0.6 is 11.6 Å². The standard InChI is InChI=1S/C15H18ClN7O2/c1-21-6-10(4-18-21)19-13(24)8-22-7-11-9-25-3-2-23(11)14-12(22)5-17-15(16)20-14/h4-6,11H,2-3,7-9H2,1H3,(H,19,24)/t11-/m1/s1. The fourth-order valence-electron chi connectivity index (χ4n) is 3.23. The van der Waals surface area contributed by atoms with Crippen molar-refractivity contribution < 1.29 is 9.53 Å². The van der Waals surface area contributed by atoms with Crippen molar-refractivity contribution in [1.82, 2.24) is 19.7 Å². The summed E-state index contributed by atoms with van der Waals surface area (Å²) in [5, 5.41) is 7.09. The lowest BCUT2D eigenvalue weighted by molar-refractivity contribution is -0.115. The van der Waals surface area contributed by atoms with Crippen LogP contribution in [0.3, 0.4) is 0 Å². The Morgan fingerprint density at radius 3 is 3.16 bits per heavy atom. The van der Waals surface area contributed by atoms with Gasteiger partial charge in [0, 0.05) is 26.3 Å². The van der Waals surface area contributed by atoms with Gasteiger partial charge in [-0.15, -0.1) is 0 Å². The van der Waals surface area contributed by atoms with Crippen LogP contribution in [0, 0.1) is 0 Å². The van der Waals surface area contributed by atoms with Crippen molar-refractivity contribution in [3.63, 3.8) is 0 Å². The molecule has 2 aromatic rings. The summed E-state index contributed by atoms with van der Waals surface area (Å²) in [5.41, 5.74) is 1.48. The first-order valence-electron chi connectivity index (χ1n) is 8.00. The predicted molar refractivity (Wildman–Crippen MR) is 93.0 cm³/mol. The molecule has 2 aromatic heterocycles. The SMILES string of the molecule is Cn1cc(NC(=O)CN2C[C@@H]3COCCN3c3nc(Cl)ncc32)cn1. The molecule has 1 fully saturated rings. The number of hydrogen-bond acceptors (Lipinski definition) is 7. The molecule has 4 rings (SSSR count). The minimum absolute atomic E-state index is 0.126. The molecule has 0 spiro atoms. The topological polar surface area (TPSA) is 88.4 Å². The molecule has 1 N–H and O–H groups in total. The highest BCUT2D eigenvalue weighted by molar-refractivity contribution is 6.28. The van der Waals surface area contributed by atoms with E-state index in [1.807, 2.05) is 4.90 Å². The van der Waals surface area contributed by atoms with Crippen LogP contribution in [0.4, 0.5) is 17.2 Å². The van der Waals surface area contributed by atoms with Crippen LogP contribution in [0.5, 0.6) is 0 Å². The lowest BCUT2D eigenvalue weighted by atomic mass is 10.1. The maximum Gasteiger partial charge on any atom is 0.243 e. The zero-order valence-electron chi connectivity index (χ0n) is 13.7. The average Bonchev–Trinajstić information content (AvgIpc) is 2.99. The number of aromatic nitrogens is 4. The molecule has 2 aliphatic rings. The minimum atomic E-state index is -0.126. The molecule has 1 amide bonds. The van der Waals surface area contributed by atoms with Crippen molar-refractivity contribution in [3.05, 3.63) is 23.9 Å². The Morgan fingerprint density at radius 2 is 2.36 bits per heavy atom. The van der Waals surface area contributed by atoms with Crippen molar-refractivity contribution in [1.29, 1.82) is 0 Å². The van der Waals surface area contributed by atoms with Crippen LogP contribution in [-0.4, -0.2) is 64.5 Å². The largest absolute Gasteiger partial charge is 0.377 e. The number of rotatable bonds is 3. The number of aryl methyl sites for hydroxylation is 1. The normalized spacial score (nSPS) is 19.4. The van der Waals surface area contributed by atoms with Gasteiger partial charge in [0.05, 0.1) is 49.6 Å². The first kappa shape index (κ1) is 16.1. The lowest BCUT2D eigenvalue weighted by Crippen LogP contribution is -2.56. The van der Waals surface area contributed by atoms with Crippen LogP contribution in [0.25, 0.3) is 0 Å². The molecule has 0 saturated carbocycles. The lowest BCUT2D eigenvalue weighted by Gasteiger charge is -2.45. The van der Waals surface area contributed by atoms with E-state index in [2.05, 4.69) is 25.3 Å². The van der Waals surface area contributed by atoms with Gasteiger partial charge in [-0.1, -0.05) is 0 Å². The summed E-state index contributed by atoms with van der Waals surface area (Å²) >= 11 is 5.98. The van der Waals surface area contributed by atoms with Crippen molar-refractivity contribution in [2.24, 2.45) is 7.05 Å². The monoisotopic (exact) mass is 363 g/mol. The van der Waals surface area contributed by atoms with Gasteiger partial charge in [-0.3, -0.25) is 9.48 Å². The molecule has 25 heavy (non-hydrogen) atoms. The number of fused-ring (bicyclic) bond motifs is 3. The number of hydrogen-bond donors (Lipinski definition) is 1. The molecule has 4 heterocycles. The average molecular weight is 364 g/mol. The third-order valence-corrected chi connectivity index (χ3v) is 4.50. The summed E-state index contributed by atoms with van der Waals surface area (Å²) in [4.78, 5) is 25.0. The van der Waals surface area contributed by atoms with Crippen LogP contribution in [-0.2, 0) is 16.6 Å². The number of ether oxygens (including phenoxy) is 1. The second-order valence-electron chi connectivity index (χ2n) is 6.10. The predicted octanol–water partition coefficient (Wildman–Crippen LogP) is 0.527. The maximum atomic E-state index is 12.4. The van der Waals surface area contributed by atoms with E-state index < -0.39 is 0 Å². The Balaban J connectivity index is 1.55. The Hall–Kier alpha value is -2.39. The van der Waals surface area contributed by atoms with Crippen LogP contribution in [0.15, 0.2) is 18.6 Å². The molecule has 0 aliphatic carbocycles. The highest BCUT2D eigenvalue weighted by Gasteiger charge is 2.35. The fourth-order valence-corrected chi connectivity index (χ4v) is 3.36. The number of anilines is 3. The number of nitrogens with zero attached hydrogens (tertiary/aromatic N) is 6. The summed E-state index contributed by atoms with van der Waals surface area (Å²) in [6, 6.07) is 0.137. The number of carbonyl (C=O) groups excluding carboxylic acids is 1. The molecule has 0 aromatic carbocycles. The van der Waals surface area contributed by atoms with Crippen LogP contribution in [0.1, 0.15) is 0 Å². The molecule has 10 heteroatoms. The van der Waals surface area contributed by atoms with E-state index >= 15 is 0 Å². The fraction of sp³-hybridized carbons (Fsp3) is 0.467. The van der Waals surface area contributed by atoms with Crippen molar-refractivity contribution >= 4 is 34.7 Å². The van der Waals surface area contributed by atoms with Gasteiger partial charge in [-0.2, -0.15) is 10.1 Å². The van der Waals surface area contributed by atoms with E-state index in [0.717, 1.165) is 18.1 Å². The first-order valence-corrected chi connectivity index (χ1v) is 8.38. The Labute approximate surface area is 149 Å². The second kappa shape index (κ2) is 6.49. The zero-order chi connectivity index (χ0) is 17.4. The number of amides is 1.